The Morgan fingerprint density at radius 1 is 1.21 bits per heavy atom. The monoisotopic (exact) mass is 444 g/mol. The van der Waals surface area contributed by atoms with E-state index in [2.05, 4.69) is 44.5 Å². The maximum atomic E-state index is 12.9. The van der Waals surface area contributed by atoms with Gasteiger partial charge in [0.05, 0.1) is 11.9 Å². The summed E-state index contributed by atoms with van der Waals surface area (Å²) in [4.78, 5) is 24.9. The smallest absolute Gasteiger partial charge is 0.256 e. The molecule has 0 spiro atoms. The van der Waals surface area contributed by atoms with E-state index in [9.17, 15) is 4.79 Å². The van der Waals surface area contributed by atoms with Crippen LogP contribution >= 0.6 is 0 Å². The second-order valence-corrected chi connectivity index (χ2v) is 9.20. The normalized spacial score (nSPS) is 19.3. The number of carbonyl (C=O) groups is 1. The van der Waals surface area contributed by atoms with Gasteiger partial charge in [-0.25, -0.2) is 9.97 Å². The molecule has 5 heterocycles. The molecular formula is C24H28N8O. The summed E-state index contributed by atoms with van der Waals surface area (Å²) in [5.41, 5.74) is 3.84. The summed E-state index contributed by atoms with van der Waals surface area (Å²) in [6, 6.07) is 6.68. The Morgan fingerprint density at radius 3 is 2.82 bits per heavy atom. The van der Waals surface area contributed by atoms with Crippen LogP contribution in [0.2, 0.25) is 0 Å². The lowest BCUT2D eigenvalue weighted by atomic mass is 9.93. The Kier molecular flexibility index (Phi) is 4.79. The number of nitrogens with one attached hydrogen (secondary N) is 2. The third-order valence-electron chi connectivity index (χ3n) is 7.04. The zero-order valence-corrected chi connectivity index (χ0v) is 19.0. The number of hydrogen-bond donors (Lipinski definition) is 2. The van der Waals surface area contributed by atoms with Crippen LogP contribution in [0.3, 0.4) is 0 Å². The molecule has 0 bridgehead atoms. The Labute approximate surface area is 191 Å². The van der Waals surface area contributed by atoms with E-state index in [0.29, 0.717) is 17.3 Å². The maximum absolute atomic E-state index is 12.9. The van der Waals surface area contributed by atoms with E-state index in [4.69, 9.17) is 9.97 Å². The van der Waals surface area contributed by atoms with Crippen LogP contribution in [0.4, 0.5) is 5.82 Å². The van der Waals surface area contributed by atoms with Crippen LogP contribution in [-0.2, 0) is 0 Å². The first-order valence-electron chi connectivity index (χ1n) is 11.6. The van der Waals surface area contributed by atoms with Gasteiger partial charge in [-0.05, 0) is 51.4 Å². The lowest BCUT2D eigenvalue weighted by molar-refractivity contribution is 0.0918. The molecule has 2 aliphatic rings. The van der Waals surface area contributed by atoms with Crippen molar-refractivity contribution >= 4 is 28.4 Å². The molecule has 170 valence electrons. The second kappa shape index (κ2) is 7.84. The molecule has 4 aromatic heterocycles. The lowest BCUT2D eigenvalue weighted by Gasteiger charge is -2.26. The van der Waals surface area contributed by atoms with E-state index in [1.807, 2.05) is 25.4 Å². The number of nitrogens with zero attached hydrogens (tertiary/aromatic N) is 6. The number of fused-ring (bicyclic) bond motifs is 2. The van der Waals surface area contributed by atoms with E-state index in [1.54, 1.807) is 10.7 Å². The van der Waals surface area contributed by atoms with Gasteiger partial charge in [0.2, 0.25) is 0 Å². The molecule has 33 heavy (non-hydrogen) atoms. The number of rotatable bonds is 5. The van der Waals surface area contributed by atoms with Gasteiger partial charge < -0.3 is 20.1 Å². The van der Waals surface area contributed by atoms with Gasteiger partial charge in [0.15, 0.2) is 5.65 Å². The molecule has 2 fully saturated rings. The largest absolute Gasteiger partial charge is 0.373 e. The van der Waals surface area contributed by atoms with Crippen LogP contribution in [0.5, 0.6) is 0 Å². The molecule has 0 radical (unpaired) electrons. The zero-order chi connectivity index (χ0) is 22.5. The molecule has 1 aliphatic heterocycles. The molecule has 1 saturated carbocycles. The topological polar surface area (TPSA) is 92.4 Å². The number of amides is 1. The van der Waals surface area contributed by atoms with Crippen LogP contribution in [0.1, 0.15) is 42.1 Å². The van der Waals surface area contributed by atoms with Crippen molar-refractivity contribution in [3.8, 4) is 11.3 Å². The van der Waals surface area contributed by atoms with Gasteiger partial charge in [-0.15, -0.1) is 0 Å². The van der Waals surface area contributed by atoms with Crippen molar-refractivity contribution in [2.75, 3.05) is 32.5 Å². The fourth-order valence-corrected chi connectivity index (χ4v) is 4.96. The van der Waals surface area contributed by atoms with Crippen LogP contribution in [0.25, 0.3) is 27.9 Å². The van der Waals surface area contributed by atoms with Gasteiger partial charge in [-0.1, -0.05) is 0 Å². The molecular weight excluding hydrogens is 416 g/mol. The highest BCUT2D eigenvalue weighted by Crippen LogP contribution is 2.34. The molecule has 4 aromatic rings. The average Bonchev–Trinajstić information content (AvgIpc) is 3.51. The third kappa shape index (κ3) is 3.34. The number of anilines is 1. The molecule has 1 aliphatic carbocycles. The van der Waals surface area contributed by atoms with Gasteiger partial charge in [-0.2, -0.15) is 9.61 Å². The maximum Gasteiger partial charge on any atom is 0.256 e. The molecule has 9 heteroatoms. The van der Waals surface area contributed by atoms with Gasteiger partial charge in [0, 0.05) is 55.1 Å². The minimum Gasteiger partial charge on any atom is -0.373 e. The molecule has 6 rings (SSSR count). The van der Waals surface area contributed by atoms with Gasteiger partial charge in [0.25, 0.3) is 5.91 Å². The van der Waals surface area contributed by atoms with Crippen molar-refractivity contribution in [1.29, 1.82) is 0 Å². The summed E-state index contributed by atoms with van der Waals surface area (Å²) < 4.78 is 3.99. The highest BCUT2D eigenvalue weighted by Gasteiger charge is 2.26. The summed E-state index contributed by atoms with van der Waals surface area (Å²) in [6.07, 6.45) is 9.96. The number of hydrogen-bond acceptors (Lipinski definition) is 6. The fraction of sp³-hybridized carbons (Fsp3) is 0.417. The van der Waals surface area contributed by atoms with Crippen LogP contribution in [-0.4, -0.2) is 68.2 Å². The Morgan fingerprint density at radius 2 is 2.09 bits per heavy atom. The van der Waals surface area contributed by atoms with Gasteiger partial charge >= 0.3 is 0 Å². The van der Waals surface area contributed by atoms with E-state index < -0.39 is 0 Å². The summed E-state index contributed by atoms with van der Waals surface area (Å²) in [6.45, 7) is 2.08. The summed E-state index contributed by atoms with van der Waals surface area (Å²) in [7, 11) is 4.01. The average molecular weight is 445 g/mol. The standard InChI is InChI=1S/C24H28N8O/c1-25-21-11-20(29-23-18(12-27-32(21)23)24(33)28-15-5-3-6-15)19-14-31(16-8-10-30(2)13-16)22-17(19)7-4-9-26-22/h4,7,9,11-12,14-16,25H,3,5-6,8,10,13H2,1-2H3,(H,28,33). The first kappa shape index (κ1) is 20.2. The fourth-order valence-electron chi connectivity index (χ4n) is 4.96. The van der Waals surface area contributed by atoms with Crippen molar-refractivity contribution in [3.63, 3.8) is 0 Å². The Hall–Kier alpha value is -3.46. The molecule has 0 aromatic carbocycles. The van der Waals surface area contributed by atoms with Crippen molar-refractivity contribution in [2.24, 2.45) is 0 Å². The predicted octanol–water partition coefficient (Wildman–Crippen LogP) is 2.95. The van der Waals surface area contributed by atoms with Crippen LogP contribution in [0.15, 0.2) is 36.8 Å². The summed E-state index contributed by atoms with van der Waals surface area (Å²) in [5.74, 6) is 0.669. The Bertz CT molecular complexity index is 1350. The van der Waals surface area contributed by atoms with Crippen molar-refractivity contribution < 1.29 is 4.79 Å². The minimum absolute atomic E-state index is 0.112. The number of carbonyl (C=O) groups excluding carboxylic acids is 1. The minimum atomic E-state index is -0.112. The predicted molar refractivity (Wildman–Crippen MR) is 128 cm³/mol. The SMILES string of the molecule is CNc1cc(-c2cn(C3CCN(C)C3)c3ncccc23)nc2c(C(=O)NC3CCC3)cnn12. The highest BCUT2D eigenvalue weighted by molar-refractivity contribution is 6.01. The van der Waals surface area contributed by atoms with E-state index in [0.717, 1.165) is 60.5 Å². The van der Waals surface area contributed by atoms with E-state index in [1.165, 1.54) is 6.42 Å². The summed E-state index contributed by atoms with van der Waals surface area (Å²) in [5, 5.41) is 11.8. The summed E-state index contributed by atoms with van der Waals surface area (Å²) >= 11 is 0. The van der Waals surface area contributed by atoms with E-state index in [-0.39, 0.29) is 11.9 Å². The van der Waals surface area contributed by atoms with Crippen molar-refractivity contribution in [3.05, 3.63) is 42.4 Å². The van der Waals surface area contributed by atoms with Crippen LogP contribution < -0.4 is 10.6 Å². The lowest BCUT2D eigenvalue weighted by Crippen LogP contribution is -2.39. The number of aromatic nitrogens is 5. The van der Waals surface area contributed by atoms with Gasteiger partial charge in [-0.3, -0.25) is 4.79 Å². The molecule has 9 nitrogen and oxygen atoms in total. The molecule has 1 atom stereocenters. The van der Waals surface area contributed by atoms with Crippen molar-refractivity contribution in [2.45, 2.75) is 37.8 Å². The number of pyridine rings is 1. The highest BCUT2D eigenvalue weighted by atomic mass is 16.1. The molecule has 1 amide bonds. The first-order valence-corrected chi connectivity index (χ1v) is 11.6. The van der Waals surface area contributed by atoms with Crippen LogP contribution in [0, 0.1) is 0 Å². The second-order valence-electron chi connectivity index (χ2n) is 9.20. The number of likely N-dealkylation sites (N-methyl/N-ethyl adjacent to an activating group) is 1. The number of likely N-dealkylation sites (tertiary alicyclic amines) is 1. The first-order chi connectivity index (χ1) is 16.1. The van der Waals surface area contributed by atoms with Gasteiger partial charge in [0.1, 0.15) is 17.0 Å². The van der Waals surface area contributed by atoms with Crippen molar-refractivity contribution in [1.82, 2.24) is 34.4 Å². The molecule has 1 unspecified atom stereocenters. The molecule has 2 N–H and O–H groups in total. The molecule has 1 saturated heterocycles. The zero-order valence-electron chi connectivity index (χ0n) is 19.0. The quantitative estimate of drug-likeness (QED) is 0.492. The Balaban J connectivity index is 1.48. The van der Waals surface area contributed by atoms with E-state index >= 15 is 0 Å². The third-order valence-corrected chi connectivity index (χ3v) is 7.04.